The van der Waals surface area contributed by atoms with E-state index in [4.69, 9.17) is 4.74 Å². The topological polar surface area (TPSA) is 21.3 Å². The SMILES string of the molecule is CNC(COCCC(C)(C)C)C1CCCCC1. The fraction of sp³-hybridized carbons (Fsp3) is 1.00. The van der Waals surface area contributed by atoms with Crippen molar-refractivity contribution in [2.24, 2.45) is 11.3 Å². The molecular formula is C15H31NO. The largest absolute Gasteiger partial charge is 0.380 e. The molecule has 1 fully saturated rings. The Morgan fingerprint density at radius 2 is 1.82 bits per heavy atom. The van der Waals surface area contributed by atoms with Gasteiger partial charge in [0.2, 0.25) is 0 Å². The van der Waals surface area contributed by atoms with Crippen LogP contribution in [0.25, 0.3) is 0 Å². The van der Waals surface area contributed by atoms with Crippen LogP contribution in [-0.4, -0.2) is 26.3 Å². The molecule has 1 saturated carbocycles. The quantitative estimate of drug-likeness (QED) is 0.717. The van der Waals surface area contributed by atoms with E-state index in [1.54, 1.807) is 0 Å². The van der Waals surface area contributed by atoms with Gasteiger partial charge in [-0.25, -0.2) is 0 Å². The molecule has 17 heavy (non-hydrogen) atoms. The maximum atomic E-state index is 5.85. The molecule has 2 nitrogen and oxygen atoms in total. The summed E-state index contributed by atoms with van der Waals surface area (Å²) in [5, 5.41) is 3.44. The highest BCUT2D eigenvalue weighted by atomic mass is 16.5. The molecule has 1 N–H and O–H groups in total. The van der Waals surface area contributed by atoms with Gasteiger partial charge in [-0.15, -0.1) is 0 Å². The number of likely N-dealkylation sites (N-methyl/N-ethyl adjacent to an activating group) is 1. The molecule has 0 radical (unpaired) electrons. The van der Waals surface area contributed by atoms with Gasteiger partial charge in [0, 0.05) is 12.6 Å². The minimum atomic E-state index is 0.389. The van der Waals surface area contributed by atoms with Crippen LogP contribution in [0.5, 0.6) is 0 Å². The predicted molar refractivity (Wildman–Crippen MR) is 74.3 cm³/mol. The van der Waals surface area contributed by atoms with Gasteiger partial charge >= 0.3 is 0 Å². The first kappa shape index (κ1) is 15.0. The summed E-state index contributed by atoms with van der Waals surface area (Å²) in [5.41, 5.74) is 0.389. The Morgan fingerprint density at radius 3 is 2.35 bits per heavy atom. The van der Waals surface area contributed by atoms with E-state index in [1.807, 2.05) is 0 Å². The minimum Gasteiger partial charge on any atom is -0.380 e. The van der Waals surface area contributed by atoms with Crippen molar-refractivity contribution < 1.29 is 4.74 Å². The average molecular weight is 241 g/mol. The van der Waals surface area contributed by atoms with E-state index < -0.39 is 0 Å². The van der Waals surface area contributed by atoms with Gasteiger partial charge in [-0.05, 0) is 37.6 Å². The number of rotatable bonds is 6. The predicted octanol–water partition coefficient (Wildman–Crippen LogP) is 3.61. The third-order valence-electron chi connectivity index (χ3n) is 3.88. The van der Waals surface area contributed by atoms with Gasteiger partial charge in [0.15, 0.2) is 0 Å². The first-order chi connectivity index (χ1) is 8.03. The fourth-order valence-corrected chi connectivity index (χ4v) is 2.58. The van der Waals surface area contributed by atoms with E-state index in [0.29, 0.717) is 11.5 Å². The van der Waals surface area contributed by atoms with Crippen molar-refractivity contribution in [1.29, 1.82) is 0 Å². The fourth-order valence-electron chi connectivity index (χ4n) is 2.58. The van der Waals surface area contributed by atoms with Crippen molar-refractivity contribution in [2.75, 3.05) is 20.3 Å². The summed E-state index contributed by atoms with van der Waals surface area (Å²) in [6.07, 6.45) is 8.16. The highest BCUT2D eigenvalue weighted by molar-refractivity contribution is 4.78. The van der Waals surface area contributed by atoms with Crippen molar-refractivity contribution in [3.05, 3.63) is 0 Å². The molecule has 0 saturated heterocycles. The molecule has 1 aliphatic rings. The molecule has 1 rings (SSSR count). The monoisotopic (exact) mass is 241 g/mol. The van der Waals surface area contributed by atoms with Crippen LogP contribution in [0.4, 0.5) is 0 Å². The van der Waals surface area contributed by atoms with Gasteiger partial charge in [-0.1, -0.05) is 40.0 Å². The van der Waals surface area contributed by atoms with Gasteiger partial charge in [-0.3, -0.25) is 0 Å². The summed E-state index contributed by atoms with van der Waals surface area (Å²) in [7, 11) is 2.08. The highest BCUT2D eigenvalue weighted by Crippen LogP contribution is 2.26. The van der Waals surface area contributed by atoms with E-state index >= 15 is 0 Å². The molecule has 0 bridgehead atoms. The lowest BCUT2D eigenvalue weighted by Gasteiger charge is -2.30. The number of hydrogen-bond donors (Lipinski definition) is 1. The van der Waals surface area contributed by atoms with Gasteiger partial charge in [0.25, 0.3) is 0 Å². The molecule has 1 aliphatic carbocycles. The van der Waals surface area contributed by atoms with Crippen molar-refractivity contribution in [1.82, 2.24) is 5.32 Å². The lowest BCUT2D eigenvalue weighted by atomic mass is 9.84. The molecule has 0 aromatic rings. The van der Waals surface area contributed by atoms with Crippen LogP contribution in [0.15, 0.2) is 0 Å². The van der Waals surface area contributed by atoms with E-state index in [0.717, 1.165) is 25.6 Å². The lowest BCUT2D eigenvalue weighted by molar-refractivity contribution is 0.0709. The third-order valence-corrected chi connectivity index (χ3v) is 3.88. The molecule has 0 heterocycles. The number of hydrogen-bond acceptors (Lipinski definition) is 2. The van der Waals surface area contributed by atoms with Crippen molar-refractivity contribution in [2.45, 2.75) is 65.3 Å². The first-order valence-corrected chi connectivity index (χ1v) is 7.28. The maximum absolute atomic E-state index is 5.85. The summed E-state index contributed by atoms with van der Waals surface area (Å²) in [6.45, 7) is 8.60. The molecule has 2 heteroatoms. The van der Waals surface area contributed by atoms with Crippen molar-refractivity contribution >= 4 is 0 Å². The molecule has 0 spiro atoms. The van der Waals surface area contributed by atoms with Gasteiger partial charge in [0.05, 0.1) is 6.61 Å². The Bertz CT molecular complexity index is 192. The van der Waals surface area contributed by atoms with Crippen LogP contribution in [0.3, 0.4) is 0 Å². The normalized spacial score (nSPS) is 20.5. The Hall–Kier alpha value is -0.0800. The smallest absolute Gasteiger partial charge is 0.0622 e. The maximum Gasteiger partial charge on any atom is 0.0622 e. The zero-order chi connectivity index (χ0) is 12.7. The number of ether oxygens (including phenoxy) is 1. The standard InChI is InChI=1S/C15H31NO/c1-15(2,3)10-11-17-12-14(16-4)13-8-6-5-7-9-13/h13-14,16H,5-12H2,1-4H3. The van der Waals surface area contributed by atoms with Crippen LogP contribution >= 0.6 is 0 Å². The van der Waals surface area contributed by atoms with Crippen LogP contribution in [0.2, 0.25) is 0 Å². The van der Waals surface area contributed by atoms with Gasteiger partial charge < -0.3 is 10.1 Å². The molecule has 0 aromatic heterocycles. The van der Waals surface area contributed by atoms with Gasteiger partial charge in [0.1, 0.15) is 0 Å². The first-order valence-electron chi connectivity index (χ1n) is 7.28. The Balaban J connectivity index is 2.18. The van der Waals surface area contributed by atoms with Gasteiger partial charge in [-0.2, -0.15) is 0 Å². The Labute approximate surface area is 108 Å². The second-order valence-electron chi connectivity index (χ2n) is 6.68. The summed E-state index contributed by atoms with van der Waals surface area (Å²) < 4.78 is 5.85. The second-order valence-corrected chi connectivity index (χ2v) is 6.68. The highest BCUT2D eigenvalue weighted by Gasteiger charge is 2.22. The van der Waals surface area contributed by atoms with Crippen LogP contribution in [-0.2, 0) is 4.74 Å². The average Bonchev–Trinajstić information content (AvgIpc) is 2.29. The van der Waals surface area contributed by atoms with E-state index in [-0.39, 0.29) is 0 Å². The van der Waals surface area contributed by atoms with Crippen LogP contribution in [0.1, 0.15) is 59.3 Å². The van der Waals surface area contributed by atoms with Crippen molar-refractivity contribution in [3.8, 4) is 0 Å². The van der Waals surface area contributed by atoms with E-state index in [2.05, 4.69) is 33.1 Å². The van der Waals surface area contributed by atoms with Crippen LogP contribution in [0, 0.1) is 11.3 Å². The summed E-state index contributed by atoms with van der Waals surface area (Å²) in [6, 6.07) is 0.565. The second kappa shape index (κ2) is 7.38. The molecule has 102 valence electrons. The minimum absolute atomic E-state index is 0.389. The van der Waals surface area contributed by atoms with Crippen LogP contribution < -0.4 is 5.32 Å². The summed E-state index contributed by atoms with van der Waals surface area (Å²) >= 11 is 0. The van der Waals surface area contributed by atoms with E-state index in [1.165, 1.54) is 32.1 Å². The third kappa shape index (κ3) is 6.42. The number of nitrogens with one attached hydrogen (secondary N) is 1. The molecule has 0 aromatic carbocycles. The molecule has 1 unspecified atom stereocenters. The Morgan fingerprint density at radius 1 is 1.18 bits per heavy atom. The summed E-state index contributed by atoms with van der Waals surface area (Å²) in [4.78, 5) is 0. The van der Waals surface area contributed by atoms with E-state index in [9.17, 15) is 0 Å². The molecule has 0 amide bonds. The Kier molecular flexibility index (Phi) is 6.50. The van der Waals surface area contributed by atoms with Crippen molar-refractivity contribution in [3.63, 3.8) is 0 Å². The summed E-state index contributed by atoms with van der Waals surface area (Å²) in [5.74, 6) is 0.836. The lowest BCUT2D eigenvalue weighted by Crippen LogP contribution is -2.39. The zero-order valence-corrected chi connectivity index (χ0v) is 12.2. The molecule has 0 aliphatic heterocycles. The molecular weight excluding hydrogens is 210 g/mol. The molecule has 1 atom stereocenters. The zero-order valence-electron chi connectivity index (χ0n) is 12.2.